The number of amides is 1. The van der Waals surface area contributed by atoms with Gasteiger partial charge in [0.1, 0.15) is 0 Å². The lowest BCUT2D eigenvalue weighted by Crippen LogP contribution is -2.39. The number of hydrogen-bond acceptors (Lipinski definition) is 3. The number of carbonyl (C=O) groups is 2. The first-order chi connectivity index (χ1) is 8.58. The normalized spacial score (nSPS) is 22.7. The van der Waals surface area contributed by atoms with Gasteiger partial charge in [0.15, 0.2) is 0 Å². The number of nitrogens with one attached hydrogen (secondary N) is 1. The number of aromatic carboxylic acids is 1. The van der Waals surface area contributed by atoms with Crippen molar-refractivity contribution in [2.75, 3.05) is 6.61 Å². The minimum Gasteiger partial charge on any atom is -0.478 e. The molecule has 0 aliphatic carbocycles. The number of carboxylic acid groups (broad SMARTS) is 1. The van der Waals surface area contributed by atoms with Gasteiger partial charge in [0.05, 0.1) is 17.7 Å². The Balaban J connectivity index is 2.02. The second kappa shape index (κ2) is 5.18. The lowest BCUT2D eigenvalue weighted by atomic mass is 10.1. The fourth-order valence-corrected chi connectivity index (χ4v) is 1.94. The topological polar surface area (TPSA) is 75.6 Å². The molecular formula is C13H15NO4. The van der Waals surface area contributed by atoms with Gasteiger partial charge < -0.3 is 15.2 Å². The molecule has 1 aliphatic rings. The number of benzene rings is 1. The minimum atomic E-state index is -1.00. The highest BCUT2D eigenvalue weighted by molar-refractivity contribution is 5.96. The summed E-state index contributed by atoms with van der Waals surface area (Å²) in [5, 5.41) is 11.6. The van der Waals surface area contributed by atoms with Crippen LogP contribution in [0.3, 0.4) is 0 Å². The highest BCUT2D eigenvalue weighted by atomic mass is 16.5. The number of ether oxygens (including phenoxy) is 1. The molecule has 1 amide bonds. The second-order valence-corrected chi connectivity index (χ2v) is 4.33. The molecule has 1 aliphatic heterocycles. The van der Waals surface area contributed by atoms with Crippen LogP contribution in [0.4, 0.5) is 0 Å². The molecule has 1 heterocycles. The van der Waals surface area contributed by atoms with Crippen molar-refractivity contribution in [2.24, 2.45) is 0 Å². The van der Waals surface area contributed by atoms with E-state index in [1.807, 2.05) is 6.92 Å². The van der Waals surface area contributed by atoms with E-state index in [0.29, 0.717) is 12.2 Å². The predicted molar refractivity (Wildman–Crippen MR) is 64.7 cm³/mol. The van der Waals surface area contributed by atoms with Crippen molar-refractivity contribution in [3.8, 4) is 0 Å². The molecule has 0 radical (unpaired) electrons. The predicted octanol–water partition coefficient (Wildman–Crippen LogP) is 1.29. The monoisotopic (exact) mass is 249 g/mol. The molecule has 0 spiro atoms. The molecule has 5 nitrogen and oxygen atoms in total. The number of rotatable bonds is 3. The van der Waals surface area contributed by atoms with Crippen LogP contribution in [0.25, 0.3) is 0 Å². The maximum absolute atomic E-state index is 11.9. The standard InChI is InChI=1S/C13H15NO4/c1-8-11(6-7-18-8)14-12(15)9-2-4-10(5-3-9)13(16)17/h2-5,8,11H,6-7H2,1H3,(H,14,15)(H,16,17). The van der Waals surface area contributed by atoms with E-state index < -0.39 is 5.97 Å². The molecule has 96 valence electrons. The Labute approximate surface area is 105 Å². The molecule has 5 heteroatoms. The molecule has 2 N–H and O–H groups in total. The Morgan fingerprint density at radius 3 is 2.39 bits per heavy atom. The summed E-state index contributed by atoms with van der Waals surface area (Å²) in [5.41, 5.74) is 0.628. The molecule has 1 aromatic rings. The Morgan fingerprint density at radius 2 is 1.89 bits per heavy atom. The van der Waals surface area contributed by atoms with Crippen molar-refractivity contribution in [3.63, 3.8) is 0 Å². The summed E-state index contributed by atoms with van der Waals surface area (Å²) in [7, 11) is 0. The van der Waals surface area contributed by atoms with Crippen LogP contribution in [0, 0.1) is 0 Å². The summed E-state index contributed by atoms with van der Waals surface area (Å²) in [4.78, 5) is 22.6. The van der Waals surface area contributed by atoms with Gasteiger partial charge in [-0.3, -0.25) is 4.79 Å². The first-order valence-corrected chi connectivity index (χ1v) is 5.84. The highest BCUT2D eigenvalue weighted by Gasteiger charge is 2.25. The van der Waals surface area contributed by atoms with Gasteiger partial charge in [-0.25, -0.2) is 4.79 Å². The van der Waals surface area contributed by atoms with Crippen LogP contribution >= 0.6 is 0 Å². The summed E-state index contributed by atoms with van der Waals surface area (Å²) in [6, 6.07) is 5.90. The molecule has 1 saturated heterocycles. The van der Waals surface area contributed by atoms with Crippen LogP contribution in [0.15, 0.2) is 24.3 Å². The summed E-state index contributed by atoms with van der Waals surface area (Å²) in [5.74, 6) is -1.20. The van der Waals surface area contributed by atoms with Crippen molar-refractivity contribution in [3.05, 3.63) is 35.4 Å². The number of hydrogen-bond donors (Lipinski definition) is 2. The van der Waals surface area contributed by atoms with Crippen molar-refractivity contribution in [2.45, 2.75) is 25.5 Å². The molecule has 0 aromatic heterocycles. The average molecular weight is 249 g/mol. The van der Waals surface area contributed by atoms with E-state index in [2.05, 4.69) is 5.32 Å². The van der Waals surface area contributed by atoms with Crippen LogP contribution in [0.2, 0.25) is 0 Å². The number of carboxylic acids is 1. The van der Waals surface area contributed by atoms with E-state index in [-0.39, 0.29) is 23.6 Å². The smallest absolute Gasteiger partial charge is 0.335 e. The Morgan fingerprint density at radius 1 is 1.28 bits per heavy atom. The zero-order valence-electron chi connectivity index (χ0n) is 10.1. The highest BCUT2D eigenvalue weighted by Crippen LogP contribution is 2.13. The lowest BCUT2D eigenvalue weighted by molar-refractivity contribution is 0.0696. The average Bonchev–Trinajstić information content (AvgIpc) is 2.75. The summed E-state index contributed by atoms with van der Waals surface area (Å²) in [6.07, 6.45) is 0.826. The summed E-state index contributed by atoms with van der Waals surface area (Å²) in [6.45, 7) is 2.58. The number of carbonyl (C=O) groups excluding carboxylic acids is 1. The van der Waals surface area contributed by atoms with E-state index in [4.69, 9.17) is 9.84 Å². The zero-order valence-corrected chi connectivity index (χ0v) is 10.1. The summed E-state index contributed by atoms with van der Waals surface area (Å²) < 4.78 is 5.36. The van der Waals surface area contributed by atoms with Crippen molar-refractivity contribution in [1.82, 2.24) is 5.32 Å². The zero-order chi connectivity index (χ0) is 13.1. The van der Waals surface area contributed by atoms with Crippen LogP contribution in [0.1, 0.15) is 34.1 Å². The van der Waals surface area contributed by atoms with E-state index in [1.54, 1.807) is 0 Å². The quantitative estimate of drug-likeness (QED) is 0.846. The van der Waals surface area contributed by atoms with E-state index in [9.17, 15) is 9.59 Å². The third kappa shape index (κ3) is 2.68. The SMILES string of the molecule is CC1OCCC1NC(=O)c1ccc(C(=O)O)cc1. The molecule has 2 atom stereocenters. The van der Waals surface area contributed by atoms with Crippen molar-refractivity contribution in [1.29, 1.82) is 0 Å². The van der Waals surface area contributed by atoms with E-state index >= 15 is 0 Å². The third-order valence-electron chi connectivity index (χ3n) is 3.09. The van der Waals surface area contributed by atoms with Gasteiger partial charge in [0.2, 0.25) is 0 Å². The van der Waals surface area contributed by atoms with Gasteiger partial charge in [-0.05, 0) is 37.6 Å². The molecule has 18 heavy (non-hydrogen) atoms. The Kier molecular flexibility index (Phi) is 3.62. The first kappa shape index (κ1) is 12.6. The second-order valence-electron chi connectivity index (χ2n) is 4.33. The molecular weight excluding hydrogens is 234 g/mol. The molecule has 2 unspecified atom stereocenters. The molecule has 1 fully saturated rings. The Hall–Kier alpha value is -1.88. The van der Waals surface area contributed by atoms with Gasteiger partial charge >= 0.3 is 5.97 Å². The van der Waals surface area contributed by atoms with Gasteiger partial charge in [-0.2, -0.15) is 0 Å². The van der Waals surface area contributed by atoms with Gasteiger partial charge in [-0.1, -0.05) is 0 Å². The maximum atomic E-state index is 11.9. The fraction of sp³-hybridized carbons (Fsp3) is 0.385. The lowest BCUT2D eigenvalue weighted by Gasteiger charge is -2.15. The summed E-state index contributed by atoms with van der Waals surface area (Å²) >= 11 is 0. The van der Waals surface area contributed by atoms with Crippen molar-refractivity contribution < 1.29 is 19.4 Å². The molecule has 2 rings (SSSR count). The van der Waals surface area contributed by atoms with Crippen LogP contribution in [0.5, 0.6) is 0 Å². The van der Waals surface area contributed by atoms with Crippen LogP contribution < -0.4 is 5.32 Å². The van der Waals surface area contributed by atoms with E-state index in [0.717, 1.165) is 6.42 Å². The largest absolute Gasteiger partial charge is 0.478 e. The van der Waals surface area contributed by atoms with Crippen LogP contribution in [-0.2, 0) is 4.74 Å². The van der Waals surface area contributed by atoms with Gasteiger partial charge in [0, 0.05) is 12.2 Å². The molecule has 0 bridgehead atoms. The fourth-order valence-electron chi connectivity index (χ4n) is 1.94. The van der Waals surface area contributed by atoms with E-state index in [1.165, 1.54) is 24.3 Å². The van der Waals surface area contributed by atoms with Crippen LogP contribution in [-0.4, -0.2) is 35.7 Å². The molecule has 0 saturated carbocycles. The minimum absolute atomic E-state index is 0.0206. The van der Waals surface area contributed by atoms with Crippen molar-refractivity contribution >= 4 is 11.9 Å². The molecule has 1 aromatic carbocycles. The third-order valence-corrected chi connectivity index (χ3v) is 3.09. The Bertz CT molecular complexity index is 455. The van der Waals surface area contributed by atoms with Gasteiger partial charge in [0.25, 0.3) is 5.91 Å². The van der Waals surface area contributed by atoms with Gasteiger partial charge in [-0.15, -0.1) is 0 Å². The maximum Gasteiger partial charge on any atom is 0.335 e. The first-order valence-electron chi connectivity index (χ1n) is 5.84.